The summed E-state index contributed by atoms with van der Waals surface area (Å²) in [6.07, 6.45) is 2.69. The molecular formula is C22H23NO4S. The first-order chi connectivity index (χ1) is 13.5. The molecule has 1 aliphatic heterocycles. The fourth-order valence-electron chi connectivity index (χ4n) is 3.70. The van der Waals surface area contributed by atoms with Crippen molar-refractivity contribution in [3.05, 3.63) is 51.0 Å². The Kier molecular flexibility index (Phi) is 5.22. The Hall–Kier alpha value is -2.60. The lowest BCUT2D eigenvalue weighted by molar-refractivity contribution is -0.138. The number of hydrogen-bond acceptors (Lipinski definition) is 5. The zero-order valence-corrected chi connectivity index (χ0v) is 16.9. The number of aryl methyl sites for hydroxylation is 1. The molecule has 1 saturated heterocycles. The lowest BCUT2D eigenvalue weighted by Gasteiger charge is -2.29. The molecule has 0 bridgehead atoms. The molecule has 28 heavy (non-hydrogen) atoms. The summed E-state index contributed by atoms with van der Waals surface area (Å²) in [4.78, 5) is 26.6. The molecule has 1 atom stereocenters. The van der Waals surface area contributed by atoms with E-state index < -0.39 is 11.7 Å². The van der Waals surface area contributed by atoms with Gasteiger partial charge in [-0.15, -0.1) is 0 Å². The minimum atomic E-state index is -0.579. The first-order valence-electron chi connectivity index (χ1n) is 9.59. The number of benzene rings is 1. The van der Waals surface area contributed by atoms with Crippen LogP contribution in [0.1, 0.15) is 31.7 Å². The van der Waals surface area contributed by atoms with E-state index in [1.165, 1.54) is 12.5 Å². The second-order valence-corrected chi connectivity index (χ2v) is 8.00. The van der Waals surface area contributed by atoms with Crippen LogP contribution >= 0.6 is 11.3 Å². The Morgan fingerprint density at radius 2 is 1.93 bits per heavy atom. The van der Waals surface area contributed by atoms with E-state index in [2.05, 4.69) is 5.38 Å². The van der Waals surface area contributed by atoms with Gasteiger partial charge in [0.2, 0.25) is 0 Å². The van der Waals surface area contributed by atoms with Crippen molar-refractivity contribution < 1.29 is 13.9 Å². The van der Waals surface area contributed by atoms with Gasteiger partial charge in [-0.2, -0.15) is 11.3 Å². The lowest BCUT2D eigenvalue weighted by atomic mass is 10.0. The molecule has 5 nitrogen and oxygen atoms in total. The van der Waals surface area contributed by atoms with E-state index >= 15 is 0 Å². The standard InChI is InChI=1S/C22H23NO4S/c1-14-12-28-13-19(14)18-11-21(24)27-20-10-16(6-7-17(18)20)26-15(2)22(25)23-8-4-3-5-9-23/h6-7,10-13,15H,3-5,8-9H2,1-2H3/t15-/m1/s1. The number of hydrogen-bond donors (Lipinski definition) is 0. The van der Waals surface area contributed by atoms with Gasteiger partial charge in [-0.25, -0.2) is 4.79 Å². The molecule has 0 unspecified atom stereocenters. The lowest BCUT2D eigenvalue weighted by Crippen LogP contribution is -2.43. The summed E-state index contributed by atoms with van der Waals surface area (Å²) in [6, 6.07) is 6.94. The average molecular weight is 397 g/mol. The average Bonchev–Trinajstić information content (AvgIpc) is 3.12. The zero-order valence-electron chi connectivity index (χ0n) is 16.1. The third-order valence-electron chi connectivity index (χ3n) is 5.19. The molecule has 146 valence electrons. The van der Waals surface area contributed by atoms with Crippen LogP contribution in [0.15, 0.2) is 44.2 Å². The molecule has 0 spiro atoms. The SMILES string of the molecule is Cc1cscc1-c1cc(=O)oc2cc(O[C@H](C)C(=O)N3CCCCC3)ccc12. The van der Waals surface area contributed by atoms with E-state index in [4.69, 9.17) is 9.15 Å². The Labute approximate surface area is 167 Å². The molecule has 3 heterocycles. The molecule has 3 aromatic rings. The molecule has 4 rings (SSSR count). The van der Waals surface area contributed by atoms with Crippen LogP contribution in [0.4, 0.5) is 0 Å². The van der Waals surface area contributed by atoms with Gasteiger partial charge in [-0.1, -0.05) is 0 Å². The smallest absolute Gasteiger partial charge is 0.336 e. The predicted octanol–water partition coefficient (Wildman–Crippen LogP) is 4.61. The summed E-state index contributed by atoms with van der Waals surface area (Å²) in [5, 5.41) is 4.94. The van der Waals surface area contributed by atoms with Crippen molar-refractivity contribution in [2.75, 3.05) is 13.1 Å². The van der Waals surface area contributed by atoms with Gasteiger partial charge < -0.3 is 14.1 Å². The van der Waals surface area contributed by atoms with E-state index in [1.807, 2.05) is 29.3 Å². The largest absolute Gasteiger partial charge is 0.481 e. The van der Waals surface area contributed by atoms with Crippen LogP contribution < -0.4 is 10.4 Å². The van der Waals surface area contributed by atoms with Crippen LogP contribution in [-0.2, 0) is 4.79 Å². The molecule has 0 N–H and O–H groups in total. The van der Waals surface area contributed by atoms with Gasteiger partial charge in [0.25, 0.3) is 5.91 Å². The number of piperidine rings is 1. The number of fused-ring (bicyclic) bond motifs is 1. The first-order valence-corrected chi connectivity index (χ1v) is 10.5. The maximum Gasteiger partial charge on any atom is 0.336 e. The predicted molar refractivity (Wildman–Crippen MR) is 111 cm³/mol. The van der Waals surface area contributed by atoms with Gasteiger partial charge >= 0.3 is 5.63 Å². The normalized spacial score (nSPS) is 15.6. The highest BCUT2D eigenvalue weighted by atomic mass is 32.1. The third kappa shape index (κ3) is 3.69. The number of carbonyl (C=O) groups is 1. The topological polar surface area (TPSA) is 59.8 Å². The Balaban J connectivity index is 1.62. The van der Waals surface area contributed by atoms with Gasteiger partial charge in [0.1, 0.15) is 11.3 Å². The van der Waals surface area contributed by atoms with Crippen molar-refractivity contribution in [2.45, 2.75) is 39.2 Å². The summed E-state index contributed by atoms with van der Waals surface area (Å²) >= 11 is 1.60. The van der Waals surface area contributed by atoms with Crippen molar-refractivity contribution in [2.24, 2.45) is 0 Å². The fraction of sp³-hybridized carbons (Fsp3) is 0.364. The molecule has 0 radical (unpaired) electrons. The molecule has 6 heteroatoms. The van der Waals surface area contributed by atoms with Gasteiger partial charge in [0.05, 0.1) is 0 Å². The van der Waals surface area contributed by atoms with Crippen molar-refractivity contribution in [1.29, 1.82) is 0 Å². The molecule has 0 aliphatic carbocycles. The summed E-state index contributed by atoms with van der Waals surface area (Å²) in [5.41, 5.74) is 3.07. The second kappa shape index (κ2) is 7.80. The summed E-state index contributed by atoms with van der Waals surface area (Å²) < 4.78 is 11.3. The second-order valence-electron chi connectivity index (χ2n) is 7.25. The highest BCUT2D eigenvalue weighted by molar-refractivity contribution is 7.08. The monoisotopic (exact) mass is 397 g/mol. The number of rotatable bonds is 4. The number of amides is 1. The maximum atomic E-state index is 12.6. The Morgan fingerprint density at radius 1 is 1.14 bits per heavy atom. The van der Waals surface area contributed by atoms with E-state index in [-0.39, 0.29) is 5.91 Å². The molecular weight excluding hydrogens is 374 g/mol. The third-order valence-corrected chi connectivity index (χ3v) is 6.05. The van der Waals surface area contributed by atoms with Crippen molar-refractivity contribution in [3.63, 3.8) is 0 Å². The van der Waals surface area contributed by atoms with E-state index in [0.717, 1.165) is 48.0 Å². The summed E-state index contributed by atoms with van der Waals surface area (Å²) in [6.45, 7) is 5.38. The maximum absolute atomic E-state index is 12.6. The molecule has 1 aromatic carbocycles. The minimum Gasteiger partial charge on any atom is -0.481 e. The van der Waals surface area contributed by atoms with Crippen LogP contribution in [0.5, 0.6) is 5.75 Å². The Bertz CT molecular complexity index is 1060. The highest BCUT2D eigenvalue weighted by Crippen LogP contribution is 2.33. The molecule has 1 aliphatic rings. The number of carbonyl (C=O) groups excluding carboxylic acids is 1. The van der Waals surface area contributed by atoms with Crippen LogP contribution in [0.3, 0.4) is 0 Å². The van der Waals surface area contributed by atoms with Crippen molar-refractivity contribution in [3.8, 4) is 16.9 Å². The number of thiophene rings is 1. The van der Waals surface area contributed by atoms with Gasteiger partial charge in [0, 0.05) is 36.2 Å². The van der Waals surface area contributed by atoms with Crippen LogP contribution in [0.25, 0.3) is 22.1 Å². The van der Waals surface area contributed by atoms with Crippen molar-refractivity contribution >= 4 is 28.2 Å². The van der Waals surface area contributed by atoms with Crippen LogP contribution in [0.2, 0.25) is 0 Å². The fourth-order valence-corrected chi connectivity index (χ4v) is 4.55. The van der Waals surface area contributed by atoms with Gasteiger partial charge in [-0.05, 0) is 67.1 Å². The number of nitrogens with zero attached hydrogens (tertiary/aromatic N) is 1. The Morgan fingerprint density at radius 3 is 2.64 bits per heavy atom. The minimum absolute atomic E-state index is 0.00361. The van der Waals surface area contributed by atoms with Crippen molar-refractivity contribution in [1.82, 2.24) is 4.90 Å². The van der Waals surface area contributed by atoms with Gasteiger partial charge in [0.15, 0.2) is 6.10 Å². The van der Waals surface area contributed by atoms with E-state index in [9.17, 15) is 9.59 Å². The van der Waals surface area contributed by atoms with E-state index in [0.29, 0.717) is 11.3 Å². The van der Waals surface area contributed by atoms with Crippen LogP contribution in [-0.4, -0.2) is 30.0 Å². The zero-order chi connectivity index (χ0) is 19.7. The highest BCUT2D eigenvalue weighted by Gasteiger charge is 2.23. The molecule has 2 aromatic heterocycles. The molecule has 0 saturated carbocycles. The van der Waals surface area contributed by atoms with Gasteiger partial charge in [-0.3, -0.25) is 4.79 Å². The quantitative estimate of drug-likeness (QED) is 0.603. The summed E-state index contributed by atoms with van der Waals surface area (Å²) in [7, 11) is 0. The summed E-state index contributed by atoms with van der Waals surface area (Å²) in [5.74, 6) is 0.525. The molecule has 1 fully saturated rings. The number of likely N-dealkylation sites (tertiary alicyclic amines) is 1. The first kappa shape index (κ1) is 18.7. The van der Waals surface area contributed by atoms with Crippen LogP contribution in [0, 0.1) is 6.92 Å². The molecule has 1 amide bonds. The van der Waals surface area contributed by atoms with E-state index in [1.54, 1.807) is 24.3 Å². The number of ether oxygens (including phenoxy) is 1.